The molecule has 0 fully saturated rings. The van der Waals surface area contributed by atoms with Crippen LogP contribution in [0.15, 0.2) is 218 Å². The van der Waals surface area contributed by atoms with Gasteiger partial charge < -0.3 is 9.80 Å². The molecule has 0 saturated carbocycles. The third-order valence-corrected chi connectivity index (χ3v) is 8.65. The highest BCUT2D eigenvalue weighted by molar-refractivity contribution is 5.78. The smallest absolute Gasteiger partial charge is 0.0462 e. The highest BCUT2D eigenvalue weighted by Crippen LogP contribution is 2.35. The summed E-state index contributed by atoms with van der Waals surface area (Å²) < 4.78 is 0. The van der Waals surface area contributed by atoms with Gasteiger partial charge in [-0.15, -0.1) is 0 Å². The van der Waals surface area contributed by atoms with Crippen molar-refractivity contribution in [1.82, 2.24) is 0 Å². The fourth-order valence-corrected chi connectivity index (χ4v) is 6.10. The van der Waals surface area contributed by atoms with Crippen molar-refractivity contribution in [3.05, 3.63) is 241 Å². The number of benzene rings is 7. The molecule has 0 spiro atoms. The lowest BCUT2D eigenvalue weighted by Gasteiger charge is -2.25. The molecular weight excluding hydrogens is 629 g/mol. The van der Waals surface area contributed by atoms with Crippen LogP contribution in [0.1, 0.15) is 22.3 Å². The van der Waals surface area contributed by atoms with Crippen molar-refractivity contribution in [3.63, 3.8) is 0 Å². The molecule has 7 rings (SSSR count). The zero-order chi connectivity index (χ0) is 35.2. The van der Waals surface area contributed by atoms with Crippen LogP contribution in [0, 0.1) is 0 Å². The molecule has 250 valence electrons. The number of anilines is 6. The van der Waals surface area contributed by atoms with E-state index in [1.54, 1.807) is 0 Å². The molecule has 0 heterocycles. The van der Waals surface area contributed by atoms with Crippen LogP contribution in [-0.4, -0.2) is 0 Å². The second-order valence-corrected chi connectivity index (χ2v) is 12.3. The molecule has 0 radical (unpaired) electrons. The molecule has 0 amide bonds. The molecule has 0 aliphatic heterocycles. The molecule has 0 aliphatic rings. The van der Waals surface area contributed by atoms with Gasteiger partial charge in [0, 0.05) is 34.1 Å². The number of nitrogens with zero attached hydrogens (tertiary/aromatic N) is 2. The van der Waals surface area contributed by atoms with E-state index < -0.39 is 0 Å². The zero-order valence-corrected chi connectivity index (χ0v) is 29.0. The van der Waals surface area contributed by atoms with Gasteiger partial charge in [0.05, 0.1) is 0 Å². The summed E-state index contributed by atoms with van der Waals surface area (Å²) in [6.07, 6.45) is 16.9. The number of para-hydroxylation sites is 4. The molecule has 7 aromatic rings. The number of allylic oxidation sites excluding steroid dienone is 4. The van der Waals surface area contributed by atoms with E-state index in [2.05, 4.69) is 228 Å². The van der Waals surface area contributed by atoms with Crippen LogP contribution in [0.25, 0.3) is 24.3 Å². The highest BCUT2D eigenvalue weighted by Gasteiger charge is 2.12. The lowest BCUT2D eigenvalue weighted by Crippen LogP contribution is -2.09. The fourth-order valence-electron chi connectivity index (χ4n) is 6.10. The molecule has 52 heavy (non-hydrogen) atoms. The first-order valence-electron chi connectivity index (χ1n) is 17.6. The summed E-state index contributed by atoms with van der Waals surface area (Å²) in [5.41, 5.74) is 11.4. The van der Waals surface area contributed by atoms with Gasteiger partial charge >= 0.3 is 0 Å². The van der Waals surface area contributed by atoms with Crippen molar-refractivity contribution < 1.29 is 0 Å². The second-order valence-electron chi connectivity index (χ2n) is 12.3. The zero-order valence-electron chi connectivity index (χ0n) is 29.0. The summed E-state index contributed by atoms with van der Waals surface area (Å²) in [5, 5.41) is 0. The topological polar surface area (TPSA) is 6.48 Å². The van der Waals surface area contributed by atoms with Crippen LogP contribution in [0.2, 0.25) is 0 Å². The monoisotopic (exact) mass is 668 g/mol. The van der Waals surface area contributed by atoms with Crippen molar-refractivity contribution in [2.75, 3.05) is 9.80 Å². The van der Waals surface area contributed by atoms with Crippen molar-refractivity contribution in [2.45, 2.75) is 0 Å². The van der Waals surface area contributed by atoms with Crippen LogP contribution < -0.4 is 9.80 Å². The molecule has 0 unspecified atom stereocenters. The van der Waals surface area contributed by atoms with Crippen LogP contribution in [0.3, 0.4) is 0 Å². The number of rotatable bonds is 12. The largest absolute Gasteiger partial charge is 0.311 e. The Morgan fingerprint density at radius 2 is 0.500 bits per heavy atom. The third kappa shape index (κ3) is 8.81. The minimum Gasteiger partial charge on any atom is -0.311 e. The summed E-state index contributed by atoms with van der Waals surface area (Å²) in [4.78, 5) is 4.54. The summed E-state index contributed by atoms with van der Waals surface area (Å²) in [6.45, 7) is 0. The Kier molecular flexibility index (Phi) is 11.1. The first-order chi connectivity index (χ1) is 25.8. The predicted molar refractivity (Wildman–Crippen MR) is 225 cm³/mol. The molecule has 0 aliphatic carbocycles. The van der Waals surface area contributed by atoms with Crippen molar-refractivity contribution in [1.29, 1.82) is 0 Å². The maximum atomic E-state index is 2.27. The number of hydrogen-bond acceptors (Lipinski definition) is 2. The average molecular weight is 669 g/mol. The first kappa shape index (κ1) is 33.6. The van der Waals surface area contributed by atoms with E-state index in [0.29, 0.717) is 0 Å². The van der Waals surface area contributed by atoms with Gasteiger partial charge in [0.2, 0.25) is 0 Å². The maximum absolute atomic E-state index is 2.27. The first-order valence-corrected chi connectivity index (χ1v) is 17.6. The van der Waals surface area contributed by atoms with Crippen LogP contribution in [0.4, 0.5) is 34.1 Å². The third-order valence-electron chi connectivity index (χ3n) is 8.65. The van der Waals surface area contributed by atoms with Gasteiger partial charge in [0.1, 0.15) is 0 Å². The van der Waals surface area contributed by atoms with E-state index in [-0.39, 0.29) is 0 Å². The Balaban J connectivity index is 0.962. The van der Waals surface area contributed by atoms with Gasteiger partial charge in [-0.1, -0.05) is 164 Å². The molecule has 0 atom stereocenters. The predicted octanol–water partition coefficient (Wildman–Crippen LogP) is 14.1. The van der Waals surface area contributed by atoms with E-state index in [1.807, 2.05) is 24.3 Å². The fraction of sp³-hybridized carbons (Fsp3) is 0. The molecular formula is C50H40N2. The van der Waals surface area contributed by atoms with Crippen LogP contribution >= 0.6 is 0 Å². The quantitative estimate of drug-likeness (QED) is 0.120. The lowest BCUT2D eigenvalue weighted by atomic mass is 10.1. The Labute approximate surface area is 307 Å². The standard InChI is InChI=1S/C50H40N2/c1-5-24-45(25-6-1)51(46-26-7-2-8-27-46)49-36-32-41(33-37-49)18-13-15-20-43-22-17-23-44(40-43)21-16-14-19-42-34-38-50(39-35-42)52(47-28-9-3-10-29-47)48-30-11-4-12-31-48/h1-40H/b18-13+,19-14+,20-15+,21-16+. The van der Waals surface area contributed by atoms with E-state index in [0.717, 1.165) is 56.4 Å². The minimum absolute atomic E-state index is 1.12. The molecule has 2 heteroatoms. The summed E-state index contributed by atoms with van der Waals surface area (Å²) >= 11 is 0. The van der Waals surface area contributed by atoms with Gasteiger partial charge in [0.15, 0.2) is 0 Å². The van der Waals surface area contributed by atoms with Crippen molar-refractivity contribution >= 4 is 58.4 Å². The van der Waals surface area contributed by atoms with Gasteiger partial charge in [-0.05, 0) is 101 Å². The van der Waals surface area contributed by atoms with E-state index in [4.69, 9.17) is 0 Å². The molecule has 0 saturated heterocycles. The summed E-state index contributed by atoms with van der Waals surface area (Å²) in [7, 11) is 0. The Morgan fingerprint density at radius 3 is 0.808 bits per heavy atom. The average Bonchev–Trinajstić information content (AvgIpc) is 3.21. The molecule has 0 N–H and O–H groups in total. The highest BCUT2D eigenvalue weighted by atomic mass is 15.1. The lowest BCUT2D eigenvalue weighted by molar-refractivity contribution is 1.28. The van der Waals surface area contributed by atoms with Crippen LogP contribution in [-0.2, 0) is 0 Å². The van der Waals surface area contributed by atoms with Gasteiger partial charge in [-0.3, -0.25) is 0 Å². The van der Waals surface area contributed by atoms with Gasteiger partial charge in [-0.25, -0.2) is 0 Å². The van der Waals surface area contributed by atoms with E-state index >= 15 is 0 Å². The molecule has 0 aromatic heterocycles. The number of hydrogen-bond donors (Lipinski definition) is 0. The van der Waals surface area contributed by atoms with Crippen molar-refractivity contribution in [2.24, 2.45) is 0 Å². The van der Waals surface area contributed by atoms with Crippen molar-refractivity contribution in [3.8, 4) is 0 Å². The minimum atomic E-state index is 1.12. The molecule has 7 aromatic carbocycles. The van der Waals surface area contributed by atoms with Crippen LogP contribution in [0.5, 0.6) is 0 Å². The second kappa shape index (κ2) is 17.2. The molecule has 0 bridgehead atoms. The van der Waals surface area contributed by atoms with E-state index in [9.17, 15) is 0 Å². The normalized spacial score (nSPS) is 11.5. The Hall–Kier alpha value is -6.90. The van der Waals surface area contributed by atoms with E-state index in [1.165, 1.54) is 0 Å². The SMILES string of the molecule is C(/C=C/c1cccc(/C=C/C=C/c2ccc(N(c3ccccc3)c3ccccc3)cc2)c1)=C\c1ccc(N(c2ccccc2)c2ccccc2)cc1. The Morgan fingerprint density at radius 1 is 0.231 bits per heavy atom. The summed E-state index contributed by atoms with van der Waals surface area (Å²) in [6, 6.07) is 67.8. The summed E-state index contributed by atoms with van der Waals surface area (Å²) in [5.74, 6) is 0. The molecule has 2 nitrogen and oxygen atoms in total. The van der Waals surface area contributed by atoms with Gasteiger partial charge in [-0.2, -0.15) is 0 Å². The van der Waals surface area contributed by atoms with Gasteiger partial charge in [0.25, 0.3) is 0 Å². The maximum Gasteiger partial charge on any atom is 0.0462 e. The Bertz CT molecular complexity index is 2010.